The van der Waals surface area contributed by atoms with Crippen molar-refractivity contribution in [3.8, 4) is 0 Å². The van der Waals surface area contributed by atoms with Gasteiger partial charge in [0.2, 0.25) is 0 Å². The van der Waals surface area contributed by atoms with Gasteiger partial charge in [0.1, 0.15) is 6.33 Å². The molecule has 1 aromatic heterocycles. The normalized spacial score (nSPS) is 29.2. The van der Waals surface area contributed by atoms with Gasteiger partial charge in [-0.1, -0.05) is 13.8 Å². The van der Waals surface area contributed by atoms with Crippen molar-refractivity contribution in [2.45, 2.75) is 49.4 Å². The second-order valence-corrected chi connectivity index (χ2v) is 6.05. The van der Waals surface area contributed by atoms with E-state index in [-0.39, 0.29) is 0 Å². The van der Waals surface area contributed by atoms with Crippen molar-refractivity contribution in [3.05, 3.63) is 18.6 Å². The standard InChI is InChI=1S/C13H21N3S/c1-3-15-11-5-4-10(2)8-12(11)17-13-6-7-14-9-16-13/h6-7,9-12,15H,3-5,8H2,1-2H3. The summed E-state index contributed by atoms with van der Waals surface area (Å²) in [6, 6.07) is 2.64. The number of thioether (sulfide) groups is 1. The molecule has 0 aliphatic heterocycles. The number of rotatable bonds is 4. The van der Waals surface area contributed by atoms with Gasteiger partial charge in [-0.05, 0) is 37.8 Å². The first-order chi connectivity index (χ1) is 8.29. The fraction of sp³-hybridized carbons (Fsp3) is 0.692. The zero-order valence-corrected chi connectivity index (χ0v) is 11.4. The number of hydrogen-bond donors (Lipinski definition) is 1. The molecule has 1 N–H and O–H groups in total. The first kappa shape index (κ1) is 12.8. The Morgan fingerprint density at radius 2 is 2.35 bits per heavy atom. The summed E-state index contributed by atoms with van der Waals surface area (Å²) >= 11 is 1.90. The van der Waals surface area contributed by atoms with E-state index in [0.717, 1.165) is 17.5 Å². The van der Waals surface area contributed by atoms with E-state index in [9.17, 15) is 0 Å². The lowest BCUT2D eigenvalue weighted by Gasteiger charge is -2.34. The van der Waals surface area contributed by atoms with Crippen LogP contribution in [0.15, 0.2) is 23.6 Å². The van der Waals surface area contributed by atoms with Crippen LogP contribution in [0.1, 0.15) is 33.1 Å². The lowest BCUT2D eigenvalue weighted by Crippen LogP contribution is -2.42. The molecule has 0 radical (unpaired) electrons. The highest BCUT2D eigenvalue weighted by atomic mass is 32.2. The Morgan fingerprint density at radius 3 is 3.06 bits per heavy atom. The summed E-state index contributed by atoms with van der Waals surface area (Å²) < 4.78 is 0. The van der Waals surface area contributed by atoms with Gasteiger partial charge in [0.25, 0.3) is 0 Å². The van der Waals surface area contributed by atoms with E-state index in [1.54, 1.807) is 6.33 Å². The first-order valence-corrected chi connectivity index (χ1v) is 7.33. The Bertz CT molecular complexity index is 331. The predicted octanol–water partition coefficient (Wildman–Crippen LogP) is 2.74. The summed E-state index contributed by atoms with van der Waals surface area (Å²) in [4.78, 5) is 8.29. The smallest absolute Gasteiger partial charge is 0.116 e. The monoisotopic (exact) mass is 251 g/mol. The van der Waals surface area contributed by atoms with Gasteiger partial charge < -0.3 is 5.32 Å². The molecule has 1 aromatic rings. The third kappa shape index (κ3) is 3.68. The molecule has 0 spiro atoms. The number of nitrogens with one attached hydrogen (secondary N) is 1. The molecule has 0 aromatic carbocycles. The maximum Gasteiger partial charge on any atom is 0.116 e. The predicted molar refractivity (Wildman–Crippen MR) is 72.2 cm³/mol. The van der Waals surface area contributed by atoms with Gasteiger partial charge in [-0.15, -0.1) is 11.8 Å². The maximum atomic E-state index is 4.32. The Balaban J connectivity index is 1.99. The molecule has 17 heavy (non-hydrogen) atoms. The quantitative estimate of drug-likeness (QED) is 0.835. The highest BCUT2D eigenvalue weighted by molar-refractivity contribution is 7.99. The van der Waals surface area contributed by atoms with Gasteiger partial charge in [0, 0.05) is 17.5 Å². The molecular weight excluding hydrogens is 230 g/mol. The third-order valence-corrected chi connectivity index (χ3v) is 4.65. The van der Waals surface area contributed by atoms with Crippen LogP contribution in [0.25, 0.3) is 0 Å². The minimum atomic E-state index is 0.635. The van der Waals surface area contributed by atoms with Crippen LogP contribution in [0.3, 0.4) is 0 Å². The van der Waals surface area contributed by atoms with E-state index in [0.29, 0.717) is 11.3 Å². The highest BCUT2D eigenvalue weighted by Crippen LogP contribution is 2.35. The van der Waals surface area contributed by atoms with Gasteiger partial charge in [-0.2, -0.15) is 0 Å². The van der Waals surface area contributed by atoms with E-state index in [2.05, 4.69) is 29.1 Å². The summed E-state index contributed by atoms with van der Waals surface area (Å²) in [5, 5.41) is 5.36. The summed E-state index contributed by atoms with van der Waals surface area (Å²) in [5.41, 5.74) is 0. The molecule has 1 saturated carbocycles. The largest absolute Gasteiger partial charge is 0.313 e. The SMILES string of the molecule is CCNC1CCC(C)CC1Sc1ccncn1. The molecule has 4 heteroatoms. The average Bonchev–Trinajstić information content (AvgIpc) is 2.34. The second-order valence-electron chi connectivity index (χ2n) is 4.79. The molecule has 2 rings (SSSR count). The molecule has 1 aliphatic rings. The van der Waals surface area contributed by atoms with Crippen molar-refractivity contribution in [2.75, 3.05) is 6.54 Å². The fourth-order valence-electron chi connectivity index (χ4n) is 2.46. The summed E-state index contributed by atoms with van der Waals surface area (Å²) in [7, 11) is 0. The van der Waals surface area contributed by atoms with Gasteiger partial charge in [0.15, 0.2) is 0 Å². The molecule has 94 valence electrons. The van der Waals surface area contributed by atoms with E-state index in [4.69, 9.17) is 0 Å². The van der Waals surface area contributed by atoms with E-state index >= 15 is 0 Å². The van der Waals surface area contributed by atoms with Gasteiger partial charge in [-0.25, -0.2) is 9.97 Å². The summed E-state index contributed by atoms with van der Waals surface area (Å²) in [5.74, 6) is 0.837. The van der Waals surface area contributed by atoms with Crippen LogP contribution in [0, 0.1) is 5.92 Å². The van der Waals surface area contributed by atoms with Crippen molar-refractivity contribution < 1.29 is 0 Å². The zero-order chi connectivity index (χ0) is 12.1. The van der Waals surface area contributed by atoms with Crippen molar-refractivity contribution in [1.82, 2.24) is 15.3 Å². The van der Waals surface area contributed by atoms with Gasteiger partial charge >= 0.3 is 0 Å². The van der Waals surface area contributed by atoms with Crippen LogP contribution in [0.2, 0.25) is 0 Å². The van der Waals surface area contributed by atoms with Crippen LogP contribution in [-0.4, -0.2) is 27.8 Å². The zero-order valence-electron chi connectivity index (χ0n) is 10.6. The topological polar surface area (TPSA) is 37.8 Å². The fourth-order valence-corrected chi connectivity index (χ4v) is 3.84. The Kier molecular flexibility index (Phi) is 4.80. The van der Waals surface area contributed by atoms with E-state index in [1.807, 2.05) is 24.0 Å². The minimum Gasteiger partial charge on any atom is -0.313 e. The number of nitrogens with zero attached hydrogens (tertiary/aromatic N) is 2. The van der Waals surface area contributed by atoms with Crippen LogP contribution >= 0.6 is 11.8 Å². The van der Waals surface area contributed by atoms with Crippen molar-refractivity contribution in [2.24, 2.45) is 5.92 Å². The lowest BCUT2D eigenvalue weighted by molar-refractivity contribution is 0.320. The van der Waals surface area contributed by atoms with Gasteiger partial charge in [-0.3, -0.25) is 0 Å². The number of aromatic nitrogens is 2. The van der Waals surface area contributed by atoms with E-state index < -0.39 is 0 Å². The Hall–Kier alpha value is -0.610. The lowest BCUT2D eigenvalue weighted by atomic mass is 9.87. The second kappa shape index (κ2) is 6.36. The first-order valence-electron chi connectivity index (χ1n) is 6.45. The average molecular weight is 251 g/mol. The molecule has 3 atom stereocenters. The molecule has 0 bridgehead atoms. The van der Waals surface area contributed by atoms with Crippen molar-refractivity contribution in [1.29, 1.82) is 0 Å². The van der Waals surface area contributed by atoms with Crippen LogP contribution in [0.4, 0.5) is 0 Å². The number of hydrogen-bond acceptors (Lipinski definition) is 4. The van der Waals surface area contributed by atoms with Crippen LogP contribution < -0.4 is 5.32 Å². The summed E-state index contributed by atoms with van der Waals surface area (Å²) in [6.07, 6.45) is 7.38. The molecule has 3 unspecified atom stereocenters. The van der Waals surface area contributed by atoms with Gasteiger partial charge in [0.05, 0.1) is 5.03 Å². The maximum absolute atomic E-state index is 4.32. The van der Waals surface area contributed by atoms with Crippen molar-refractivity contribution >= 4 is 11.8 Å². The van der Waals surface area contributed by atoms with Crippen molar-refractivity contribution in [3.63, 3.8) is 0 Å². The molecular formula is C13H21N3S. The third-order valence-electron chi connectivity index (χ3n) is 3.35. The molecule has 0 amide bonds. The Labute approximate surface area is 108 Å². The molecule has 1 heterocycles. The Morgan fingerprint density at radius 1 is 1.47 bits per heavy atom. The van der Waals surface area contributed by atoms with Crippen LogP contribution in [-0.2, 0) is 0 Å². The molecule has 3 nitrogen and oxygen atoms in total. The summed E-state index contributed by atoms with van der Waals surface area (Å²) in [6.45, 7) is 5.60. The molecule has 1 fully saturated rings. The van der Waals surface area contributed by atoms with E-state index in [1.165, 1.54) is 19.3 Å². The highest BCUT2D eigenvalue weighted by Gasteiger charge is 2.28. The minimum absolute atomic E-state index is 0.635. The molecule has 1 aliphatic carbocycles. The van der Waals surface area contributed by atoms with Crippen LogP contribution in [0.5, 0.6) is 0 Å². The molecule has 0 saturated heterocycles.